The van der Waals surface area contributed by atoms with E-state index in [0.717, 1.165) is 30.2 Å². The monoisotopic (exact) mass is 492 g/mol. The number of fused-ring (bicyclic) bond motifs is 1. The van der Waals surface area contributed by atoms with Crippen LogP contribution in [-0.4, -0.2) is 39.4 Å². The number of rotatable bonds is 4. The summed E-state index contributed by atoms with van der Waals surface area (Å²) in [6, 6.07) is 4.68. The molecule has 2 amide bonds. The first kappa shape index (κ1) is 23.9. The number of benzene rings is 1. The highest BCUT2D eigenvalue weighted by atomic mass is 32.1. The molecule has 1 aromatic carbocycles. The maximum atomic E-state index is 13.3. The summed E-state index contributed by atoms with van der Waals surface area (Å²) in [5.41, 5.74) is -1.49. The maximum absolute atomic E-state index is 13.3. The van der Waals surface area contributed by atoms with Crippen LogP contribution in [0, 0.1) is 12.8 Å². The quantitative estimate of drug-likeness (QED) is 0.589. The van der Waals surface area contributed by atoms with Gasteiger partial charge in [-0.2, -0.15) is 13.2 Å². The van der Waals surface area contributed by atoms with Gasteiger partial charge in [0.1, 0.15) is 11.4 Å². The molecule has 180 valence electrons. The van der Waals surface area contributed by atoms with Gasteiger partial charge in [0.2, 0.25) is 5.91 Å². The zero-order chi connectivity index (χ0) is 24.6. The SMILES string of the molecule is Cc1c(C(=O)Nc2ccccc2C(F)(F)F)sc2ncn(CC(=O)N3CCC[C@H](C)C3)c(=O)c12. The topological polar surface area (TPSA) is 84.3 Å². The number of hydrogen-bond donors (Lipinski definition) is 1. The first-order valence-corrected chi connectivity index (χ1v) is 11.6. The second-order valence-corrected chi connectivity index (χ2v) is 9.50. The molecule has 2 aromatic heterocycles. The van der Waals surface area contributed by atoms with Crippen LogP contribution >= 0.6 is 11.3 Å². The molecule has 0 unspecified atom stereocenters. The van der Waals surface area contributed by atoms with Gasteiger partial charge in [-0.1, -0.05) is 19.1 Å². The molecule has 3 aromatic rings. The lowest BCUT2D eigenvalue weighted by atomic mass is 10.0. The van der Waals surface area contributed by atoms with E-state index in [4.69, 9.17) is 0 Å². The second kappa shape index (κ2) is 9.21. The maximum Gasteiger partial charge on any atom is 0.418 e. The predicted molar refractivity (Wildman–Crippen MR) is 123 cm³/mol. The highest BCUT2D eigenvalue weighted by Crippen LogP contribution is 2.35. The Kier molecular flexibility index (Phi) is 6.48. The largest absolute Gasteiger partial charge is 0.418 e. The Morgan fingerprint density at radius 1 is 1.26 bits per heavy atom. The number of likely N-dealkylation sites (tertiary alicyclic amines) is 1. The van der Waals surface area contributed by atoms with Crippen LogP contribution in [0.25, 0.3) is 10.2 Å². The number of nitrogens with zero attached hydrogens (tertiary/aromatic N) is 3. The molecule has 34 heavy (non-hydrogen) atoms. The zero-order valence-electron chi connectivity index (χ0n) is 18.6. The predicted octanol–water partition coefficient (Wildman–Crippen LogP) is 4.30. The molecule has 0 bridgehead atoms. The summed E-state index contributed by atoms with van der Waals surface area (Å²) in [6.45, 7) is 4.75. The number of carbonyl (C=O) groups excluding carboxylic acids is 2. The lowest BCUT2D eigenvalue weighted by molar-refractivity contribution is -0.137. The molecule has 0 saturated carbocycles. The van der Waals surface area contributed by atoms with Crippen molar-refractivity contribution >= 4 is 39.1 Å². The normalized spacial score (nSPS) is 16.6. The van der Waals surface area contributed by atoms with Crippen molar-refractivity contribution in [2.24, 2.45) is 5.92 Å². The van der Waals surface area contributed by atoms with E-state index in [1.807, 2.05) is 0 Å². The highest BCUT2D eigenvalue weighted by Gasteiger charge is 2.34. The molecule has 1 atom stereocenters. The fourth-order valence-electron chi connectivity index (χ4n) is 4.17. The summed E-state index contributed by atoms with van der Waals surface area (Å²) in [6.07, 6.45) is -1.39. The summed E-state index contributed by atoms with van der Waals surface area (Å²) >= 11 is 0.922. The van der Waals surface area contributed by atoms with E-state index in [0.29, 0.717) is 24.6 Å². The average Bonchev–Trinajstić information content (AvgIpc) is 3.12. The molecule has 1 saturated heterocycles. The Labute approximate surface area is 197 Å². The van der Waals surface area contributed by atoms with E-state index in [9.17, 15) is 27.6 Å². The third-order valence-corrected chi connectivity index (χ3v) is 7.12. The smallest absolute Gasteiger partial charge is 0.341 e. The third-order valence-electron chi connectivity index (χ3n) is 5.92. The fraction of sp³-hybridized carbons (Fsp3) is 0.391. The molecule has 1 aliphatic heterocycles. The van der Waals surface area contributed by atoms with Crippen LogP contribution in [0.1, 0.15) is 40.6 Å². The first-order chi connectivity index (χ1) is 16.1. The number of para-hydroxylation sites is 1. The Morgan fingerprint density at radius 3 is 2.71 bits per heavy atom. The molecule has 1 fully saturated rings. The van der Waals surface area contributed by atoms with Crippen LogP contribution < -0.4 is 10.9 Å². The van der Waals surface area contributed by atoms with Crippen LogP contribution in [0.15, 0.2) is 35.4 Å². The van der Waals surface area contributed by atoms with Crippen LogP contribution in [0.3, 0.4) is 0 Å². The number of piperidine rings is 1. The number of halogens is 3. The lowest BCUT2D eigenvalue weighted by Gasteiger charge is -2.31. The van der Waals surface area contributed by atoms with Crippen molar-refractivity contribution < 1.29 is 22.8 Å². The van der Waals surface area contributed by atoms with Crippen LogP contribution in [0.4, 0.5) is 18.9 Å². The van der Waals surface area contributed by atoms with Crippen molar-refractivity contribution in [1.82, 2.24) is 14.5 Å². The Balaban J connectivity index is 1.61. The molecular weight excluding hydrogens is 469 g/mol. The van der Waals surface area contributed by atoms with Gasteiger partial charge in [0.15, 0.2) is 0 Å². The number of hydrogen-bond acceptors (Lipinski definition) is 5. The Morgan fingerprint density at radius 2 is 2.00 bits per heavy atom. The van der Waals surface area contributed by atoms with Gasteiger partial charge in [-0.05, 0) is 43.4 Å². The van der Waals surface area contributed by atoms with Crippen molar-refractivity contribution in [3.05, 3.63) is 57.0 Å². The molecule has 1 aliphatic rings. The van der Waals surface area contributed by atoms with E-state index in [-0.39, 0.29) is 33.2 Å². The fourth-order valence-corrected chi connectivity index (χ4v) is 5.20. The van der Waals surface area contributed by atoms with E-state index in [1.165, 1.54) is 29.1 Å². The van der Waals surface area contributed by atoms with Gasteiger partial charge < -0.3 is 10.2 Å². The van der Waals surface area contributed by atoms with Gasteiger partial charge in [0.05, 0.1) is 27.8 Å². The van der Waals surface area contributed by atoms with Gasteiger partial charge in [-0.15, -0.1) is 11.3 Å². The van der Waals surface area contributed by atoms with Crippen molar-refractivity contribution in [3.8, 4) is 0 Å². The minimum Gasteiger partial charge on any atom is -0.341 e. The van der Waals surface area contributed by atoms with Crippen molar-refractivity contribution in [3.63, 3.8) is 0 Å². The third kappa shape index (κ3) is 4.70. The molecule has 11 heteroatoms. The van der Waals surface area contributed by atoms with Gasteiger partial charge in [-0.25, -0.2) is 4.98 Å². The van der Waals surface area contributed by atoms with Crippen LogP contribution in [0.2, 0.25) is 0 Å². The molecule has 7 nitrogen and oxygen atoms in total. The van der Waals surface area contributed by atoms with Crippen molar-refractivity contribution in [2.75, 3.05) is 18.4 Å². The number of carbonyl (C=O) groups is 2. The summed E-state index contributed by atoms with van der Waals surface area (Å²) in [7, 11) is 0. The van der Waals surface area contributed by atoms with Gasteiger partial charge in [0, 0.05) is 13.1 Å². The van der Waals surface area contributed by atoms with Gasteiger partial charge in [0.25, 0.3) is 11.5 Å². The van der Waals surface area contributed by atoms with E-state index < -0.39 is 23.2 Å². The average molecular weight is 493 g/mol. The molecule has 0 spiro atoms. The second-order valence-electron chi connectivity index (χ2n) is 8.50. The minimum atomic E-state index is -4.63. The van der Waals surface area contributed by atoms with Crippen LogP contribution in [0.5, 0.6) is 0 Å². The van der Waals surface area contributed by atoms with Gasteiger partial charge in [-0.3, -0.25) is 19.0 Å². The molecule has 1 N–H and O–H groups in total. The number of amides is 2. The molecular formula is C23H23F3N4O3S. The van der Waals surface area contributed by atoms with E-state index >= 15 is 0 Å². The molecule has 3 heterocycles. The number of anilines is 1. The summed E-state index contributed by atoms with van der Waals surface area (Å²) in [4.78, 5) is 45.0. The van der Waals surface area contributed by atoms with Crippen molar-refractivity contribution in [2.45, 2.75) is 39.4 Å². The zero-order valence-corrected chi connectivity index (χ0v) is 19.4. The summed E-state index contributed by atoms with van der Waals surface area (Å²) in [5.74, 6) is -0.538. The molecule has 4 rings (SSSR count). The number of alkyl halides is 3. The minimum absolute atomic E-state index is 0.0884. The van der Waals surface area contributed by atoms with E-state index in [2.05, 4.69) is 17.2 Å². The first-order valence-electron chi connectivity index (χ1n) is 10.8. The molecule has 0 radical (unpaired) electrons. The summed E-state index contributed by atoms with van der Waals surface area (Å²) < 4.78 is 41.0. The van der Waals surface area contributed by atoms with Crippen LogP contribution in [-0.2, 0) is 17.5 Å². The number of aromatic nitrogens is 2. The summed E-state index contributed by atoms with van der Waals surface area (Å²) in [5, 5.41) is 2.48. The Bertz CT molecular complexity index is 1320. The highest BCUT2D eigenvalue weighted by molar-refractivity contribution is 7.20. The standard InChI is InChI=1S/C23H23F3N4O3S/c1-13-6-5-9-29(10-13)17(31)11-30-12-27-21-18(22(30)33)14(2)19(34-21)20(32)28-16-8-4-3-7-15(16)23(24,25)26/h3-4,7-8,12-13H,5-6,9-11H2,1-2H3,(H,28,32)/t13-/m0/s1. The lowest BCUT2D eigenvalue weighted by Crippen LogP contribution is -2.42. The van der Waals surface area contributed by atoms with Crippen molar-refractivity contribution in [1.29, 1.82) is 0 Å². The van der Waals surface area contributed by atoms with Gasteiger partial charge >= 0.3 is 6.18 Å². The Hall–Kier alpha value is -3.21. The number of nitrogens with one attached hydrogen (secondary N) is 1. The molecule has 0 aliphatic carbocycles. The number of thiophene rings is 1. The number of aryl methyl sites for hydroxylation is 1. The van der Waals surface area contributed by atoms with E-state index in [1.54, 1.807) is 11.8 Å².